The Morgan fingerprint density at radius 1 is 1.03 bits per heavy atom. The van der Waals surface area contributed by atoms with Crippen molar-refractivity contribution in [3.63, 3.8) is 0 Å². The number of hydrogen-bond donors (Lipinski definition) is 2. The molecule has 4 rings (SSSR count). The number of hydrogen-bond acceptors (Lipinski definition) is 6. The van der Waals surface area contributed by atoms with Crippen LogP contribution in [0.1, 0.15) is 24.5 Å². The van der Waals surface area contributed by atoms with Crippen LogP contribution in [0.2, 0.25) is 0 Å². The Labute approximate surface area is 193 Å². The molecule has 0 saturated carbocycles. The quantitative estimate of drug-likeness (QED) is 0.644. The molecule has 0 aromatic heterocycles. The first-order chi connectivity index (χ1) is 15.5. The normalized spacial score (nSPS) is 22.3. The molecule has 0 radical (unpaired) electrons. The Morgan fingerprint density at radius 3 is 2.30 bits per heavy atom. The van der Waals surface area contributed by atoms with Gasteiger partial charge in [0.25, 0.3) is 0 Å². The minimum Gasteiger partial charge on any atom is -0.351 e. The van der Waals surface area contributed by atoms with Crippen LogP contribution in [0.25, 0.3) is 0 Å². The van der Waals surface area contributed by atoms with Gasteiger partial charge in [0, 0.05) is 25.2 Å². The lowest BCUT2D eigenvalue weighted by atomic mass is 9.95. The highest BCUT2D eigenvalue weighted by Crippen LogP contribution is 2.30. The van der Waals surface area contributed by atoms with E-state index < -0.39 is 37.9 Å². The second-order valence-corrected chi connectivity index (χ2v) is 12.5. The molecular weight excluding hydrogens is 466 g/mol. The molecule has 2 atom stereocenters. The first-order valence-electron chi connectivity index (χ1n) is 10.5. The van der Waals surface area contributed by atoms with E-state index in [1.54, 1.807) is 0 Å². The zero-order chi connectivity index (χ0) is 23.8. The average molecular weight is 492 g/mol. The van der Waals surface area contributed by atoms with E-state index in [2.05, 4.69) is 10.6 Å². The summed E-state index contributed by atoms with van der Waals surface area (Å²) in [6.45, 7) is 1.38. The van der Waals surface area contributed by atoms with Gasteiger partial charge in [-0.15, -0.1) is 0 Å². The monoisotopic (exact) mass is 491 g/mol. The third-order valence-electron chi connectivity index (χ3n) is 5.87. The molecule has 0 spiro atoms. The van der Waals surface area contributed by atoms with Gasteiger partial charge in [-0.2, -0.15) is 4.31 Å². The molecule has 2 aromatic rings. The topological polar surface area (TPSA) is 130 Å². The number of carbonyl (C=O) groups is 2. The highest BCUT2D eigenvalue weighted by molar-refractivity contribution is 7.91. The van der Waals surface area contributed by atoms with E-state index >= 15 is 0 Å². The number of sulfonamides is 1. The van der Waals surface area contributed by atoms with Crippen LogP contribution in [-0.2, 0) is 42.4 Å². The molecule has 2 aromatic carbocycles. The molecule has 33 heavy (non-hydrogen) atoms. The summed E-state index contributed by atoms with van der Waals surface area (Å²) in [7, 11) is -7.25. The van der Waals surface area contributed by atoms with Gasteiger partial charge in [-0.25, -0.2) is 16.8 Å². The number of benzene rings is 2. The molecule has 11 heteroatoms. The van der Waals surface area contributed by atoms with Gasteiger partial charge in [-0.05, 0) is 48.2 Å². The third-order valence-corrected chi connectivity index (χ3v) is 9.51. The fraction of sp³-hybridized carbons (Fsp3) is 0.364. The number of carbonyl (C=O) groups excluding carboxylic acids is 2. The lowest BCUT2D eigenvalue weighted by Crippen LogP contribution is -2.54. The lowest BCUT2D eigenvalue weighted by molar-refractivity contribution is -0.125. The molecule has 2 amide bonds. The molecule has 176 valence electrons. The van der Waals surface area contributed by atoms with Gasteiger partial charge >= 0.3 is 0 Å². The highest BCUT2D eigenvalue weighted by atomic mass is 32.2. The van der Waals surface area contributed by atoms with Gasteiger partial charge in [0.05, 0.1) is 16.4 Å². The van der Waals surface area contributed by atoms with Crippen molar-refractivity contribution in [2.45, 2.75) is 43.3 Å². The van der Waals surface area contributed by atoms with Crippen LogP contribution in [0.3, 0.4) is 0 Å². The number of rotatable bonds is 5. The van der Waals surface area contributed by atoms with Crippen LogP contribution in [-0.4, -0.2) is 56.5 Å². The van der Waals surface area contributed by atoms with Crippen LogP contribution < -0.4 is 10.6 Å². The predicted octanol–water partition coefficient (Wildman–Crippen LogP) is 1.06. The predicted molar refractivity (Wildman–Crippen MR) is 123 cm³/mol. The smallest absolute Gasteiger partial charge is 0.244 e. The highest BCUT2D eigenvalue weighted by Gasteiger charge is 2.41. The number of nitrogens with one attached hydrogen (secondary N) is 2. The number of nitrogens with zero attached hydrogens (tertiary/aromatic N) is 1. The molecule has 9 nitrogen and oxygen atoms in total. The fourth-order valence-corrected chi connectivity index (χ4v) is 7.47. The maximum atomic E-state index is 13.5. The van der Waals surface area contributed by atoms with Crippen LogP contribution in [0.5, 0.6) is 0 Å². The fourth-order valence-electron chi connectivity index (χ4n) is 4.23. The Morgan fingerprint density at radius 2 is 1.70 bits per heavy atom. The molecule has 2 heterocycles. The van der Waals surface area contributed by atoms with Gasteiger partial charge in [-0.1, -0.05) is 24.3 Å². The van der Waals surface area contributed by atoms with E-state index in [4.69, 9.17) is 0 Å². The molecule has 0 unspecified atom stereocenters. The number of anilines is 1. The van der Waals surface area contributed by atoms with E-state index in [1.807, 2.05) is 24.3 Å². The van der Waals surface area contributed by atoms with E-state index in [-0.39, 0.29) is 35.3 Å². The van der Waals surface area contributed by atoms with Gasteiger partial charge < -0.3 is 10.6 Å². The molecular formula is C22H25N3O6S2. The zero-order valence-electron chi connectivity index (χ0n) is 18.0. The second-order valence-electron chi connectivity index (χ2n) is 8.35. The van der Waals surface area contributed by atoms with Crippen molar-refractivity contribution in [3.8, 4) is 0 Å². The average Bonchev–Trinajstić information content (AvgIpc) is 3.10. The summed E-state index contributed by atoms with van der Waals surface area (Å²) in [6, 6.07) is 11.6. The van der Waals surface area contributed by atoms with Crippen LogP contribution in [0.4, 0.5) is 5.69 Å². The van der Waals surface area contributed by atoms with Gasteiger partial charge in [0.1, 0.15) is 6.04 Å². The largest absolute Gasteiger partial charge is 0.351 e. The van der Waals surface area contributed by atoms with Crippen LogP contribution >= 0.6 is 0 Å². The summed E-state index contributed by atoms with van der Waals surface area (Å²) in [5.41, 5.74) is 2.15. The Balaban J connectivity index is 1.64. The molecule has 0 aliphatic carbocycles. The van der Waals surface area contributed by atoms with Crippen LogP contribution in [0.15, 0.2) is 53.4 Å². The van der Waals surface area contributed by atoms with E-state index in [1.165, 1.54) is 35.5 Å². The van der Waals surface area contributed by atoms with E-state index in [9.17, 15) is 26.4 Å². The van der Waals surface area contributed by atoms with Gasteiger partial charge in [0.15, 0.2) is 9.84 Å². The summed E-state index contributed by atoms with van der Waals surface area (Å²) in [5.74, 6) is -0.915. The van der Waals surface area contributed by atoms with Crippen molar-refractivity contribution < 1.29 is 26.4 Å². The Bertz CT molecular complexity index is 1290. The maximum absolute atomic E-state index is 13.5. The molecule has 1 fully saturated rings. The molecule has 2 aliphatic heterocycles. The van der Waals surface area contributed by atoms with Crippen molar-refractivity contribution >= 4 is 37.4 Å². The van der Waals surface area contributed by atoms with Crippen molar-refractivity contribution in [1.29, 1.82) is 0 Å². The Hall–Kier alpha value is -2.76. The standard InChI is InChI=1S/C22H25N3O6S2/c1-15(26)23-18-6-8-20(9-7-18)33(30,31)25-13-17-5-3-2-4-16(17)12-21(25)22(27)24-19-10-11-32(28,29)14-19/h2-9,19,21H,10-14H2,1H3,(H,23,26)(H,24,27)/t19-,21+/m0/s1. The number of amides is 2. The van der Waals surface area contributed by atoms with Crippen LogP contribution in [0, 0.1) is 0 Å². The van der Waals surface area contributed by atoms with Crippen molar-refractivity contribution in [3.05, 3.63) is 59.7 Å². The molecule has 2 N–H and O–H groups in total. The lowest BCUT2D eigenvalue weighted by Gasteiger charge is -2.35. The first kappa shape index (κ1) is 23.4. The van der Waals surface area contributed by atoms with Crippen molar-refractivity contribution in [2.24, 2.45) is 0 Å². The van der Waals surface area contributed by atoms with E-state index in [0.717, 1.165) is 11.1 Å². The summed E-state index contributed by atoms with van der Waals surface area (Å²) in [5, 5.41) is 5.34. The minimum atomic E-state index is -4.06. The van der Waals surface area contributed by atoms with Crippen molar-refractivity contribution in [2.75, 3.05) is 16.8 Å². The minimum absolute atomic E-state index is 0.00257. The van der Waals surface area contributed by atoms with Gasteiger partial charge in [0.2, 0.25) is 21.8 Å². The third kappa shape index (κ3) is 5.10. The molecule has 2 aliphatic rings. The van der Waals surface area contributed by atoms with E-state index in [0.29, 0.717) is 12.1 Å². The number of fused-ring (bicyclic) bond motifs is 1. The molecule has 0 bridgehead atoms. The first-order valence-corrected chi connectivity index (χ1v) is 13.8. The summed E-state index contributed by atoms with van der Waals surface area (Å²) < 4.78 is 51.8. The maximum Gasteiger partial charge on any atom is 0.244 e. The Kier molecular flexibility index (Phi) is 6.30. The second kappa shape index (κ2) is 8.88. The molecule has 1 saturated heterocycles. The van der Waals surface area contributed by atoms with Gasteiger partial charge in [-0.3, -0.25) is 9.59 Å². The SMILES string of the molecule is CC(=O)Nc1ccc(S(=O)(=O)N2Cc3ccccc3C[C@@H]2C(=O)N[C@H]2CCS(=O)(=O)C2)cc1. The summed E-state index contributed by atoms with van der Waals surface area (Å²) >= 11 is 0. The number of sulfone groups is 1. The zero-order valence-corrected chi connectivity index (χ0v) is 19.7. The summed E-state index contributed by atoms with van der Waals surface area (Å²) in [6.07, 6.45) is 0.499. The van der Waals surface area contributed by atoms with Crippen molar-refractivity contribution in [1.82, 2.24) is 9.62 Å². The summed E-state index contributed by atoms with van der Waals surface area (Å²) in [4.78, 5) is 24.4.